The number of halogens is 1. The number of ether oxygens (including phenoxy) is 1. The topological polar surface area (TPSA) is 70.7 Å². The Labute approximate surface area is 138 Å². The van der Waals surface area contributed by atoms with Crippen molar-refractivity contribution >= 4 is 24.2 Å². The fourth-order valence-electron chi connectivity index (χ4n) is 3.02. The number of amides is 2. The number of carbonyl (C=O) groups is 2. The quantitative estimate of drug-likeness (QED) is 0.777. The van der Waals surface area contributed by atoms with E-state index in [0.717, 1.165) is 19.4 Å². The first-order valence-corrected chi connectivity index (χ1v) is 8.00. The Morgan fingerprint density at radius 1 is 1.27 bits per heavy atom. The van der Waals surface area contributed by atoms with Crippen molar-refractivity contribution in [2.75, 3.05) is 33.4 Å². The van der Waals surface area contributed by atoms with Crippen LogP contribution in [-0.4, -0.2) is 62.1 Å². The summed E-state index contributed by atoms with van der Waals surface area (Å²) in [6.07, 6.45) is 6.19. The number of nitrogens with zero attached hydrogens (tertiary/aromatic N) is 1. The highest BCUT2D eigenvalue weighted by atomic mass is 35.5. The van der Waals surface area contributed by atoms with Crippen LogP contribution in [0.3, 0.4) is 0 Å². The summed E-state index contributed by atoms with van der Waals surface area (Å²) in [6, 6.07) is 0.404. The Bertz CT molecular complexity index is 356. The molecule has 1 heterocycles. The van der Waals surface area contributed by atoms with E-state index in [0.29, 0.717) is 25.7 Å². The predicted molar refractivity (Wildman–Crippen MR) is 87.1 cm³/mol. The second kappa shape index (κ2) is 10.0. The van der Waals surface area contributed by atoms with E-state index in [4.69, 9.17) is 4.74 Å². The van der Waals surface area contributed by atoms with Crippen molar-refractivity contribution in [3.05, 3.63) is 0 Å². The van der Waals surface area contributed by atoms with E-state index < -0.39 is 0 Å². The van der Waals surface area contributed by atoms with Gasteiger partial charge in [-0.15, -0.1) is 12.4 Å². The SMILES string of the molecule is CN(C(=O)CNC(=O)CC1COCCN1)C1CCCCC1.Cl. The highest BCUT2D eigenvalue weighted by Crippen LogP contribution is 2.21. The van der Waals surface area contributed by atoms with Crippen LogP contribution in [0.15, 0.2) is 0 Å². The number of carbonyl (C=O) groups excluding carboxylic acids is 2. The number of nitrogens with one attached hydrogen (secondary N) is 2. The molecule has 0 radical (unpaired) electrons. The maximum atomic E-state index is 12.1. The van der Waals surface area contributed by atoms with Crippen molar-refractivity contribution in [1.82, 2.24) is 15.5 Å². The summed E-state index contributed by atoms with van der Waals surface area (Å²) in [5.41, 5.74) is 0. The monoisotopic (exact) mass is 333 g/mol. The van der Waals surface area contributed by atoms with Crippen molar-refractivity contribution in [3.8, 4) is 0 Å². The summed E-state index contributed by atoms with van der Waals surface area (Å²) in [6.45, 7) is 2.13. The molecule has 0 spiro atoms. The summed E-state index contributed by atoms with van der Waals surface area (Å²) in [4.78, 5) is 25.8. The van der Waals surface area contributed by atoms with Crippen LogP contribution in [0.5, 0.6) is 0 Å². The average Bonchev–Trinajstić information content (AvgIpc) is 2.53. The first-order valence-electron chi connectivity index (χ1n) is 8.00. The molecule has 1 atom stereocenters. The summed E-state index contributed by atoms with van der Waals surface area (Å²) in [7, 11) is 1.85. The third kappa shape index (κ3) is 6.10. The van der Waals surface area contributed by atoms with Crippen LogP contribution >= 0.6 is 12.4 Å². The number of rotatable bonds is 5. The van der Waals surface area contributed by atoms with Crippen LogP contribution in [0.25, 0.3) is 0 Å². The molecule has 1 unspecified atom stereocenters. The van der Waals surface area contributed by atoms with Crippen molar-refractivity contribution in [2.24, 2.45) is 0 Å². The minimum Gasteiger partial charge on any atom is -0.378 e. The fourth-order valence-corrected chi connectivity index (χ4v) is 3.02. The molecule has 2 amide bonds. The van der Waals surface area contributed by atoms with Gasteiger partial charge < -0.3 is 20.3 Å². The van der Waals surface area contributed by atoms with Gasteiger partial charge in [-0.1, -0.05) is 19.3 Å². The van der Waals surface area contributed by atoms with Crippen LogP contribution in [0.2, 0.25) is 0 Å². The summed E-state index contributed by atoms with van der Waals surface area (Å²) < 4.78 is 5.31. The van der Waals surface area contributed by atoms with Crippen molar-refractivity contribution in [3.63, 3.8) is 0 Å². The lowest BCUT2D eigenvalue weighted by atomic mass is 9.94. The fraction of sp³-hybridized carbons (Fsp3) is 0.867. The van der Waals surface area contributed by atoms with Gasteiger partial charge in [0.2, 0.25) is 11.8 Å². The lowest BCUT2D eigenvalue weighted by Gasteiger charge is -2.31. The van der Waals surface area contributed by atoms with Gasteiger partial charge in [-0.05, 0) is 12.8 Å². The average molecular weight is 334 g/mol. The van der Waals surface area contributed by atoms with Crippen LogP contribution in [0.4, 0.5) is 0 Å². The summed E-state index contributed by atoms with van der Waals surface area (Å²) in [5, 5.41) is 5.95. The molecule has 6 nitrogen and oxygen atoms in total. The van der Waals surface area contributed by atoms with Gasteiger partial charge in [0.1, 0.15) is 0 Å². The van der Waals surface area contributed by atoms with Gasteiger partial charge in [0.25, 0.3) is 0 Å². The van der Waals surface area contributed by atoms with E-state index >= 15 is 0 Å². The van der Waals surface area contributed by atoms with Gasteiger partial charge in [-0.25, -0.2) is 0 Å². The number of likely N-dealkylation sites (N-methyl/N-ethyl adjacent to an activating group) is 1. The van der Waals surface area contributed by atoms with Crippen molar-refractivity contribution in [2.45, 2.75) is 50.6 Å². The number of morpholine rings is 1. The molecule has 1 saturated carbocycles. The third-order valence-electron chi connectivity index (χ3n) is 4.38. The first-order chi connectivity index (χ1) is 10.2. The normalized spacial score (nSPS) is 22.5. The van der Waals surface area contributed by atoms with Gasteiger partial charge in [0, 0.05) is 32.1 Å². The Morgan fingerprint density at radius 3 is 2.64 bits per heavy atom. The summed E-state index contributed by atoms with van der Waals surface area (Å²) in [5.74, 6) is -0.0912. The summed E-state index contributed by atoms with van der Waals surface area (Å²) >= 11 is 0. The van der Waals surface area contributed by atoms with E-state index in [1.54, 1.807) is 4.90 Å². The molecule has 128 valence electrons. The molecule has 2 rings (SSSR count). The van der Waals surface area contributed by atoms with Crippen molar-refractivity contribution < 1.29 is 14.3 Å². The molecule has 0 aromatic heterocycles. The minimum absolute atomic E-state index is 0. The maximum absolute atomic E-state index is 12.1. The van der Waals surface area contributed by atoms with Gasteiger partial charge in [0.15, 0.2) is 0 Å². The van der Waals surface area contributed by atoms with Gasteiger partial charge in [-0.3, -0.25) is 9.59 Å². The molecule has 22 heavy (non-hydrogen) atoms. The van der Waals surface area contributed by atoms with E-state index in [2.05, 4.69) is 10.6 Å². The molecule has 7 heteroatoms. The van der Waals surface area contributed by atoms with Gasteiger partial charge in [0.05, 0.1) is 19.8 Å². The molecule has 0 aromatic rings. The minimum atomic E-state index is -0.0941. The highest BCUT2D eigenvalue weighted by Gasteiger charge is 2.23. The highest BCUT2D eigenvalue weighted by molar-refractivity contribution is 5.85. The Balaban J connectivity index is 0.00000242. The molecule has 2 fully saturated rings. The van der Waals surface area contributed by atoms with E-state index in [9.17, 15) is 9.59 Å². The zero-order valence-electron chi connectivity index (χ0n) is 13.3. The molecule has 2 aliphatic rings. The van der Waals surface area contributed by atoms with E-state index in [1.165, 1.54) is 19.3 Å². The number of hydrogen-bond acceptors (Lipinski definition) is 4. The third-order valence-corrected chi connectivity index (χ3v) is 4.38. The molecule has 1 saturated heterocycles. The van der Waals surface area contributed by atoms with Gasteiger partial charge in [-0.2, -0.15) is 0 Å². The molecular formula is C15H28ClN3O3. The van der Waals surface area contributed by atoms with E-state index in [-0.39, 0.29) is 36.8 Å². The molecule has 1 aliphatic heterocycles. The standard InChI is InChI=1S/C15H27N3O3.ClH/c1-18(13-5-3-2-4-6-13)15(20)10-17-14(19)9-12-11-21-8-7-16-12;/h12-13,16H,2-11H2,1H3,(H,17,19);1H. The van der Waals surface area contributed by atoms with Crippen LogP contribution in [-0.2, 0) is 14.3 Å². The Hall–Kier alpha value is -0.850. The molecular weight excluding hydrogens is 306 g/mol. The molecule has 0 bridgehead atoms. The second-order valence-electron chi connectivity index (χ2n) is 6.00. The zero-order chi connectivity index (χ0) is 15.1. The zero-order valence-corrected chi connectivity index (χ0v) is 14.1. The molecule has 1 aliphatic carbocycles. The molecule has 0 aromatic carbocycles. The Kier molecular flexibility index (Phi) is 8.75. The van der Waals surface area contributed by atoms with Crippen molar-refractivity contribution in [1.29, 1.82) is 0 Å². The smallest absolute Gasteiger partial charge is 0.241 e. The predicted octanol–water partition coefficient (Wildman–Crippen LogP) is 0.694. The van der Waals surface area contributed by atoms with E-state index in [1.807, 2.05) is 7.05 Å². The van der Waals surface area contributed by atoms with Crippen LogP contribution in [0, 0.1) is 0 Å². The first kappa shape index (κ1) is 19.2. The maximum Gasteiger partial charge on any atom is 0.241 e. The lowest BCUT2D eigenvalue weighted by molar-refractivity contribution is -0.134. The van der Waals surface area contributed by atoms with Crippen LogP contribution in [0.1, 0.15) is 38.5 Å². The number of hydrogen-bond donors (Lipinski definition) is 2. The second-order valence-corrected chi connectivity index (χ2v) is 6.00. The lowest BCUT2D eigenvalue weighted by Crippen LogP contribution is -2.47. The Morgan fingerprint density at radius 2 is 2.00 bits per heavy atom. The van der Waals surface area contributed by atoms with Crippen LogP contribution < -0.4 is 10.6 Å². The molecule has 2 N–H and O–H groups in total. The van der Waals surface area contributed by atoms with Gasteiger partial charge >= 0.3 is 0 Å². The largest absolute Gasteiger partial charge is 0.378 e.